The second-order valence-corrected chi connectivity index (χ2v) is 8.42. The Morgan fingerprint density at radius 2 is 2.04 bits per heavy atom. The van der Waals surface area contributed by atoms with Crippen LogP contribution in [-0.2, 0) is 19.4 Å². The van der Waals surface area contributed by atoms with Crippen molar-refractivity contribution < 1.29 is 27.2 Å². The van der Waals surface area contributed by atoms with Crippen molar-refractivity contribution >= 4 is 32.7 Å². The van der Waals surface area contributed by atoms with Gasteiger partial charge < -0.3 is 14.1 Å². The highest BCUT2D eigenvalue weighted by Crippen LogP contribution is 2.25. The molecule has 0 unspecified atom stereocenters. The van der Waals surface area contributed by atoms with E-state index >= 15 is 0 Å². The molecule has 2 aromatic rings. The molecule has 1 aromatic heterocycles. The minimum Gasteiger partial charge on any atom is -0.450 e. The Labute approximate surface area is 145 Å². The number of carbonyl (C=O) groups is 2. The molecule has 0 radical (unpaired) electrons. The lowest BCUT2D eigenvalue weighted by Crippen LogP contribution is -2.40. The number of fused-ring (bicyclic) bond motifs is 1. The molecule has 7 nitrogen and oxygen atoms in total. The Hall–Kier alpha value is -2.35. The molecule has 1 atom stereocenters. The highest BCUT2D eigenvalue weighted by Gasteiger charge is 2.33. The minimum atomic E-state index is -3.09. The smallest absolute Gasteiger partial charge is 0.375 e. The van der Waals surface area contributed by atoms with Crippen LogP contribution in [0.3, 0.4) is 0 Å². The molecule has 0 bridgehead atoms. The van der Waals surface area contributed by atoms with Crippen LogP contribution in [-0.4, -0.2) is 56.4 Å². The van der Waals surface area contributed by atoms with Gasteiger partial charge in [-0.1, -0.05) is 18.2 Å². The number of ether oxygens (including phenoxy) is 1. The normalized spacial score (nSPS) is 19.0. The molecule has 1 fully saturated rings. The summed E-state index contributed by atoms with van der Waals surface area (Å²) in [5.74, 6) is -1.06. The van der Waals surface area contributed by atoms with E-state index in [0.29, 0.717) is 17.6 Å². The van der Waals surface area contributed by atoms with Gasteiger partial charge in [0.1, 0.15) is 5.58 Å². The van der Waals surface area contributed by atoms with Crippen LogP contribution in [0.15, 0.2) is 28.7 Å². The fraction of sp³-hybridized carbons (Fsp3) is 0.412. The highest BCUT2D eigenvalue weighted by atomic mass is 32.2. The van der Waals surface area contributed by atoms with Crippen molar-refractivity contribution in [3.63, 3.8) is 0 Å². The van der Waals surface area contributed by atoms with Crippen LogP contribution >= 0.6 is 0 Å². The number of carbonyl (C=O) groups excluding carboxylic acids is 2. The number of hydrogen-bond acceptors (Lipinski definition) is 6. The van der Waals surface area contributed by atoms with Gasteiger partial charge in [-0.2, -0.15) is 0 Å². The van der Waals surface area contributed by atoms with Crippen LogP contribution in [0.5, 0.6) is 0 Å². The maximum absolute atomic E-state index is 12.2. The van der Waals surface area contributed by atoms with E-state index in [1.54, 1.807) is 19.1 Å². The van der Waals surface area contributed by atoms with Crippen molar-refractivity contribution in [1.29, 1.82) is 0 Å². The zero-order valence-corrected chi connectivity index (χ0v) is 14.8. The monoisotopic (exact) mass is 365 g/mol. The summed E-state index contributed by atoms with van der Waals surface area (Å²) in [6.45, 7) is 1.29. The quantitative estimate of drug-likeness (QED) is 0.763. The average molecular weight is 365 g/mol. The fourth-order valence-electron chi connectivity index (χ4n) is 2.95. The first kappa shape index (κ1) is 17.5. The second kappa shape index (κ2) is 6.51. The van der Waals surface area contributed by atoms with Crippen molar-refractivity contribution in [3.8, 4) is 0 Å². The van der Waals surface area contributed by atoms with E-state index in [-0.39, 0.29) is 23.3 Å². The van der Waals surface area contributed by atoms with Crippen LogP contribution in [0.4, 0.5) is 0 Å². The van der Waals surface area contributed by atoms with Crippen LogP contribution in [0.2, 0.25) is 0 Å². The Bertz CT molecular complexity index is 930. The fourth-order valence-corrected chi connectivity index (χ4v) is 4.72. The van der Waals surface area contributed by atoms with Gasteiger partial charge in [0.25, 0.3) is 5.91 Å². The van der Waals surface area contributed by atoms with Gasteiger partial charge in [0.2, 0.25) is 5.76 Å². The molecule has 3 rings (SSSR count). The lowest BCUT2D eigenvalue weighted by Gasteiger charge is -2.23. The van der Waals surface area contributed by atoms with Crippen molar-refractivity contribution in [2.24, 2.45) is 0 Å². The van der Waals surface area contributed by atoms with Crippen LogP contribution in [0.25, 0.3) is 11.0 Å². The summed E-state index contributed by atoms with van der Waals surface area (Å²) in [5.41, 5.74) is 1.23. The van der Waals surface area contributed by atoms with E-state index < -0.39 is 28.3 Å². The highest BCUT2D eigenvalue weighted by molar-refractivity contribution is 7.91. The molecule has 1 aliphatic heterocycles. The molecular weight excluding hydrogens is 346 g/mol. The van der Waals surface area contributed by atoms with Crippen LogP contribution in [0.1, 0.15) is 22.5 Å². The predicted molar refractivity (Wildman–Crippen MR) is 91.1 cm³/mol. The molecule has 0 N–H and O–H groups in total. The maximum atomic E-state index is 12.2. The summed E-state index contributed by atoms with van der Waals surface area (Å²) in [4.78, 5) is 25.7. The third kappa shape index (κ3) is 3.53. The number of benzene rings is 1. The van der Waals surface area contributed by atoms with Gasteiger partial charge in [0, 0.05) is 24.0 Å². The zero-order valence-electron chi connectivity index (χ0n) is 14.0. The van der Waals surface area contributed by atoms with Gasteiger partial charge in [-0.3, -0.25) is 4.79 Å². The van der Waals surface area contributed by atoms with E-state index in [0.717, 1.165) is 5.39 Å². The molecule has 0 saturated carbocycles. The predicted octanol–water partition coefficient (Wildman–Crippen LogP) is 1.54. The number of para-hydroxylation sites is 1. The van der Waals surface area contributed by atoms with Gasteiger partial charge in [-0.25, -0.2) is 13.2 Å². The first-order chi connectivity index (χ1) is 11.8. The summed E-state index contributed by atoms with van der Waals surface area (Å²) in [6, 6.07) is 6.86. The molecule has 134 valence electrons. The zero-order chi connectivity index (χ0) is 18.2. The summed E-state index contributed by atoms with van der Waals surface area (Å²) >= 11 is 0. The first-order valence-corrected chi connectivity index (χ1v) is 9.72. The lowest BCUT2D eigenvalue weighted by atomic mass is 10.1. The number of sulfone groups is 1. The van der Waals surface area contributed by atoms with Crippen molar-refractivity contribution in [2.45, 2.75) is 19.4 Å². The molecule has 2 heterocycles. The van der Waals surface area contributed by atoms with Crippen molar-refractivity contribution in [2.75, 3.05) is 25.2 Å². The molecule has 1 aromatic carbocycles. The topological polar surface area (TPSA) is 93.9 Å². The Kier molecular flexibility index (Phi) is 4.55. The van der Waals surface area contributed by atoms with Crippen LogP contribution in [0, 0.1) is 6.92 Å². The summed E-state index contributed by atoms with van der Waals surface area (Å²) < 4.78 is 33.6. The minimum absolute atomic E-state index is 0.0497. The summed E-state index contributed by atoms with van der Waals surface area (Å²) in [5, 5.41) is 0.814. The number of likely N-dealkylation sites (N-methyl/N-ethyl adjacent to an activating group) is 1. The average Bonchev–Trinajstić information content (AvgIpc) is 3.12. The van der Waals surface area contributed by atoms with Crippen molar-refractivity contribution in [3.05, 3.63) is 35.6 Å². The van der Waals surface area contributed by atoms with E-state index in [9.17, 15) is 18.0 Å². The molecule has 8 heteroatoms. The Morgan fingerprint density at radius 3 is 2.68 bits per heavy atom. The number of furan rings is 1. The standard InChI is InChI=1S/C17H19NO6S/c1-11-13-5-3-4-6-14(13)24-16(11)17(20)23-9-15(19)18(2)12-7-8-25(21,22)10-12/h3-6,12H,7-10H2,1-2H3/t12-/m1/s1. The van der Waals surface area contributed by atoms with Gasteiger partial charge in [-0.05, 0) is 19.4 Å². The van der Waals surface area contributed by atoms with Gasteiger partial charge in [0.05, 0.1) is 11.5 Å². The second-order valence-electron chi connectivity index (χ2n) is 6.19. The first-order valence-electron chi connectivity index (χ1n) is 7.90. The Morgan fingerprint density at radius 1 is 1.32 bits per heavy atom. The van der Waals surface area contributed by atoms with Crippen molar-refractivity contribution in [1.82, 2.24) is 4.90 Å². The molecule has 1 saturated heterocycles. The number of amides is 1. The van der Waals surface area contributed by atoms with Gasteiger partial charge in [-0.15, -0.1) is 0 Å². The number of hydrogen-bond donors (Lipinski definition) is 0. The molecule has 1 amide bonds. The molecule has 0 spiro atoms. The molecule has 1 aliphatic rings. The molecular formula is C17H19NO6S. The van der Waals surface area contributed by atoms with E-state index in [1.807, 2.05) is 12.1 Å². The van der Waals surface area contributed by atoms with E-state index in [1.165, 1.54) is 11.9 Å². The van der Waals surface area contributed by atoms with Gasteiger partial charge >= 0.3 is 5.97 Å². The van der Waals surface area contributed by atoms with E-state index in [4.69, 9.17) is 9.15 Å². The third-order valence-corrected chi connectivity index (χ3v) is 6.26. The van der Waals surface area contributed by atoms with E-state index in [2.05, 4.69) is 0 Å². The lowest BCUT2D eigenvalue weighted by molar-refractivity contribution is -0.134. The Balaban J connectivity index is 1.63. The third-order valence-electron chi connectivity index (χ3n) is 4.51. The maximum Gasteiger partial charge on any atom is 0.375 e. The number of esters is 1. The number of rotatable bonds is 4. The number of aryl methyl sites for hydroxylation is 1. The molecule has 25 heavy (non-hydrogen) atoms. The largest absolute Gasteiger partial charge is 0.450 e. The SMILES string of the molecule is Cc1c(C(=O)OCC(=O)N(C)[C@@H]2CCS(=O)(=O)C2)oc2ccccc12. The summed E-state index contributed by atoms with van der Waals surface area (Å²) in [6.07, 6.45) is 0.404. The van der Waals surface area contributed by atoms with Gasteiger partial charge in [0.15, 0.2) is 16.4 Å². The summed E-state index contributed by atoms with van der Waals surface area (Å²) in [7, 11) is -1.56. The molecule has 0 aliphatic carbocycles. The number of nitrogens with zero attached hydrogens (tertiary/aromatic N) is 1. The van der Waals surface area contributed by atoms with Crippen LogP contribution < -0.4 is 0 Å².